The summed E-state index contributed by atoms with van der Waals surface area (Å²) in [5.74, 6) is 0.774. The SMILES string of the molecule is COc1ccc(S(=O)(=O)N2CCC[C@@H](c3nnc(-c4ccc(F)cc4)o3)C2)cc1C. The molecule has 1 aliphatic heterocycles. The maximum Gasteiger partial charge on any atom is 0.247 e. The van der Waals surface area contributed by atoms with Crippen LogP contribution in [0.2, 0.25) is 0 Å². The van der Waals surface area contributed by atoms with Crippen LogP contribution < -0.4 is 4.74 Å². The lowest BCUT2D eigenvalue weighted by atomic mass is 10.00. The van der Waals surface area contributed by atoms with Gasteiger partial charge in [0, 0.05) is 18.7 Å². The summed E-state index contributed by atoms with van der Waals surface area (Å²) < 4.78 is 51.9. The molecule has 1 atom stereocenters. The van der Waals surface area contributed by atoms with Gasteiger partial charge in [-0.2, -0.15) is 4.31 Å². The Bertz CT molecular complexity index is 1150. The Kier molecular flexibility index (Phi) is 5.57. The number of methoxy groups -OCH3 is 1. The first-order valence-corrected chi connectivity index (χ1v) is 11.1. The predicted molar refractivity (Wildman–Crippen MR) is 108 cm³/mol. The van der Waals surface area contributed by atoms with Crippen molar-refractivity contribution in [3.63, 3.8) is 0 Å². The second kappa shape index (κ2) is 8.16. The van der Waals surface area contributed by atoms with E-state index >= 15 is 0 Å². The highest BCUT2D eigenvalue weighted by atomic mass is 32.2. The average molecular weight is 431 g/mol. The maximum absolute atomic E-state index is 13.2. The molecule has 4 rings (SSSR count). The third kappa shape index (κ3) is 3.95. The molecule has 1 aliphatic rings. The molecule has 0 aliphatic carbocycles. The second-order valence-electron chi connectivity index (χ2n) is 7.29. The van der Waals surface area contributed by atoms with Gasteiger partial charge in [0.25, 0.3) is 0 Å². The third-order valence-electron chi connectivity index (χ3n) is 5.27. The van der Waals surface area contributed by atoms with Crippen molar-refractivity contribution < 1.29 is 22.0 Å². The monoisotopic (exact) mass is 431 g/mol. The molecular formula is C21H22FN3O4S. The molecule has 3 aromatic rings. The van der Waals surface area contributed by atoms with Crippen LogP contribution in [0.4, 0.5) is 4.39 Å². The molecule has 1 fully saturated rings. The van der Waals surface area contributed by atoms with E-state index in [0.29, 0.717) is 30.2 Å². The number of hydrogen-bond acceptors (Lipinski definition) is 6. The Morgan fingerprint density at radius 1 is 1.17 bits per heavy atom. The summed E-state index contributed by atoms with van der Waals surface area (Å²) in [6, 6.07) is 10.6. The van der Waals surface area contributed by atoms with Gasteiger partial charge in [-0.25, -0.2) is 12.8 Å². The fourth-order valence-corrected chi connectivity index (χ4v) is 5.24. The molecule has 7 nitrogen and oxygen atoms in total. The highest BCUT2D eigenvalue weighted by molar-refractivity contribution is 7.89. The molecular weight excluding hydrogens is 409 g/mol. The van der Waals surface area contributed by atoms with Gasteiger partial charge in [-0.05, 0) is 67.8 Å². The summed E-state index contributed by atoms with van der Waals surface area (Å²) in [4.78, 5) is 0.235. The van der Waals surface area contributed by atoms with E-state index in [1.54, 1.807) is 37.4 Å². The Hall–Kier alpha value is -2.78. The number of benzene rings is 2. The van der Waals surface area contributed by atoms with Gasteiger partial charge < -0.3 is 9.15 Å². The number of aromatic nitrogens is 2. The van der Waals surface area contributed by atoms with Crippen LogP contribution in [0.1, 0.15) is 30.2 Å². The van der Waals surface area contributed by atoms with Crippen molar-refractivity contribution in [2.75, 3.05) is 20.2 Å². The molecule has 0 unspecified atom stereocenters. The number of halogens is 1. The standard InChI is InChI=1S/C21H22FN3O4S/c1-14-12-18(9-10-19(14)28-2)30(26,27)25-11-3-4-16(13-25)21-24-23-20(29-21)15-5-7-17(22)8-6-15/h5-10,12,16H,3-4,11,13H2,1-2H3/t16-/m1/s1. The van der Waals surface area contributed by atoms with Crippen molar-refractivity contribution in [1.29, 1.82) is 0 Å². The molecule has 2 aromatic carbocycles. The van der Waals surface area contributed by atoms with E-state index in [-0.39, 0.29) is 29.1 Å². The number of rotatable bonds is 5. The zero-order valence-corrected chi connectivity index (χ0v) is 17.5. The number of piperidine rings is 1. The molecule has 0 spiro atoms. The number of aryl methyl sites for hydroxylation is 1. The molecule has 0 radical (unpaired) electrons. The molecule has 158 valence electrons. The molecule has 1 aromatic heterocycles. The number of sulfonamides is 1. The van der Waals surface area contributed by atoms with Gasteiger partial charge in [-0.3, -0.25) is 0 Å². The minimum absolute atomic E-state index is 0.199. The van der Waals surface area contributed by atoms with Crippen LogP contribution in [0.5, 0.6) is 5.75 Å². The number of ether oxygens (including phenoxy) is 1. The first-order chi connectivity index (χ1) is 14.4. The van der Waals surface area contributed by atoms with Crippen molar-refractivity contribution >= 4 is 10.0 Å². The third-order valence-corrected chi connectivity index (χ3v) is 7.13. The first kappa shape index (κ1) is 20.5. The van der Waals surface area contributed by atoms with Crippen LogP contribution in [0.15, 0.2) is 51.8 Å². The van der Waals surface area contributed by atoms with Crippen LogP contribution in [-0.4, -0.2) is 43.1 Å². The van der Waals surface area contributed by atoms with Gasteiger partial charge in [-0.15, -0.1) is 10.2 Å². The zero-order valence-electron chi connectivity index (χ0n) is 16.7. The van der Waals surface area contributed by atoms with E-state index in [2.05, 4.69) is 10.2 Å². The Labute approximate surface area is 174 Å². The second-order valence-corrected chi connectivity index (χ2v) is 9.22. The van der Waals surface area contributed by atoms with Crippen molar-refractivity contribution in [1.82, 2.24) is 14.5 Å². The zero-order chi connectivity index (χ0) is 21.3. The minimum Gasteiger partial charge on any atom is -0.496 e. The molecule has 0 saturated carbocycles. The summed E-state index contributed by atoms with van der Waals surface area (Å²) in [5, 5.41) is 8.16. The largest absolute Gasteiger partial charge is 0.496 e. The smallest absolute Gasteiger partial charge is 0.247 e. The van der Waals surface area contributed by atoms with Gasteiger partial charge >= 0.3 is 0 Å². The molecule has 1 saturated heterocycles. The Morgan fingerprint density at radius 2 is 1.93 bits per heavy atom. The van der Waals surface area contributed by atoms with Gasteiger partial charge in [-0.1, -0.05) is 0 Å². The van der Waals surface area contributed by atoms with Crippen LogP contribution in [0.3, 0.4) is 0 Å². The summed E-state index contributed by atoms with van der Waals surface area (Å²) in [5.41, 5.74) is 1.37. The van der Waals surface area contributed by atoms with E-state index in [1.807, 2.05) is 6.92 Å². The van der Waals surface area contributed by atoms with E-state index < -0.39 is 10.0 Å². The van der Waals surface area contributed by atoms with Crippen LogP contribution >= 0.6 is 0 Å². The van der Waals surface area contributed by atoms with Crippen LogP contribution in [-0.2, 0) is 10.0 Å². The van der Waals surface area contributed by atoms with E-state index in [9.17, 15) is 12.8 Å². The highest BCUT2D eigenvalue weighted by Crippen LogP contribution is 2.32. The maximum atomic E-state index is 13.2. The highest BCUT2D eigenvalue weighted by Gasteiger charge is 2.33. The molecule has 0 amide bonds. The normalized spacial score (nSPS) is 17.8. The van der Waals surface area contributed by atoms with Crippen LogP contribution in [0.25, 0.3) is 11.5 Å². The lowest BCUT2D eigenvalue weighted by Gasteiger charge is -2.30. The molecule has 9 heteroatoms. The molecule has 30 heavy (non-hydrogen) atoms. The first-order valence-electron chi connectivity index (χ1n) is 9.62. The van der Waals surface area contributed by atoms with Crippen molar-refractivity contribution in [3.8, 4) is 17.2 Å². The minimum atomic E-state index is -3.65. The Morgan fingerprint density at radius 3 is 2.63 bits per heavy atom. The van der Waals surface area contributed by atoms with Gasteiger partial charge in [0.15, 0.2) is 0 Å². The fraction of sp³-hybridized carbons (Fsp3) is 0.333. The van der Waals surface area contributed by atoms with Gasteiger partial charge in [0.1, 0.15) is 11.6 Å². The fourth-order valence-electron chi connectivity index (χ4n) is 3.63. The van der Waals surface area contributed by atoms with Crippen molar-refractivity contribution in [3.05, 3.63) is 59.7 Å². The quantitative estimate of drug-likeness (QED) is 0.611. The van der Waals surface area contributed by atoms with Gasteiger partial charge in [0.05, 0.1) is 17.9 Å². The summed E-state index contributed by atoms with van der Waals surface area (Å²) in [6.45, 7) is 2.51. The summed E-state index contributed by atoms with van der Waals surface area (Å²) in [7, 11) is -2.10. The van der Waals surface area contributed by atoms with E-state index in [0.717, 1.165) is 12.0 Å². The summed E-state index contributed by atoms with van der Waals surface area (Å²) in [6.07, 6.45) is 1.44. The average Bonchev–Trinajstić information content (AvgIpc) is 3.24. The van der Waals surface area contributed by atoms with Gasteiger partial charge in [0.2, 0.25) is 21.8 Å². The van der Waals surface area contributed by atoms with Crippen LogP contribution in [0, 0.1) is 12.7 Å². The number of nitrogens with zero attached hydrogens (tertiary/aromatic N) is 3. The van der Waals surface area contributed by atoms with E-state index in [4.69, 9.17) is 9.15 Å². The topological polar surface area (TPSA) is 85.5 Å². The lowest BCUT2D eigenvalue weighted by molar-refractivity contribution is 0.286. The molecule has 2 heterocycles. The molecule has 0 N–H and O–H groups in total. The summed E-state index contributed by atoms with van der Waals surface area (Å²) >= 11 is 0. The van der Waals surface area contributed by atoms with E-state index in [1.165, 1.54) is 16.4 Å². The van der Waals surface area contributed by atoms with Crippen molar-refractivity contribution in [2.24, 2.45) is 0 Å². The Balaban J connectivity index is 1.54. The van der Waals surface area contributed by atoms with Crippen molar-refractivity contribution in [2.45, 2.75) is 30.6 Å². The lowest BCUT2D eigenvalue weighted by Crippen LogP contribution is -2.39. The molecule has 0 bridgehead atoms. The predicted octanol–water partition coefficient (Wildman–Crippen LogP) is 3.76. The number of hydrogen-bond donors (Lipinski definition) is 0.